The number of rotatable bonds is 5. The van der Waals surface area contributed by atoms with Crippen LogP contribution in [0.5, 0.6) is 0 Å². The molecule has 0 amide bonds. The van der Waals surface area contributed by atoms with Gasteiger partial charge in [0.05, 0.1) is 18.0 Å². The van der Waals surface area contributed by atoms with Gasteiger partial charge in [-0.3, -0.25) is 4.68 Å². The SMILES string of the molecule is CNCc1ccnn1CCS(C)(=O)=O. The molecule has 0 aliphatic rings. The standard InChI is InChI=1S/C8H15N3O2S/c1-9-7-8-3-4-10-11(8)5-6-14(2,12)13/h3-4,9H,5-7H2,1-2H3. The van der Waals surface area contributed by atoms with E-state index in [1.165, 1.54) is 6.26 Å². The second kappa shape index (κ2) is 4.56. The number of nitrogens with one attached hydrogen (secondary N) is 1. The molecule has 1 aromatic rings. The highest BCUT2D eigenvalue weighted by molar-refractivity contribution is 7.90. The van der Waals surface area contributed by atoms with E-state index in [1.807, 2.05) is 13.1 Å². The molecule has 0 fully saturated rings. The van der Waals surface area contributed by atoms with Crippen molar-refractivity contribution in [1.29, 1.82) is 0 Å². The van der Waals surface area contributed by atoms with Crippen LogP contribution in [0.25, 0.3) is 0 Å². The maximum atomic E-state index is 10.9. The van der Waals surface area contributed by atoms with Crippen molar-refractivity contribution in [2.45, 2.75) is 13.1 Å². The fourth-order valence-corrected chi connectivity index (χ4v) is 1.65. The molecule has 0 atom stereocenters. The Morgan fingerprint density at radius 2 is 2.29 bits per heavy atom. The summed E-state index contributed by atoms with van der Waals surface area (Å²) >= 11 is 0. The molecule has 0 saturated carbocycles. The van der Waals surface area contributed by atoms with Crippen LogP contribution in [0.1, 0.15) is 5.69 Å². The summed E-state index contributed by atoms with van der Waals surface area (Å²) < 4.78 is 23.6. The van der Waals surface area contributed by atoms with E-state index >= 15 is 0 Å². The third-order valence-corrected chi connectivity index (χ3v) is 2.76. The summed E-state index contributed by atoms with van der Waals surface area (Å²) in [6.07, 6.45) is 2.91. The zero-order valence-electron chi connectivity index (χ0n) is 8.40. The average molecular weight is 217 g/mol. The molecule has 0 saturated heterocycles. The molecular formula is C8H15N3O2S. The monoisotopic (exact) mass is 217 g/mol. The number of aryl methyl sites for hydroxylation is 1. The Kier molecular flexibility index (Phi) is 3.65. The van der Waals surface area contributed by atoms with Crippen LogP contribution < -0.4 is 5.32 Å². The fraction of sp³-hybridized carbons (Fsp3) is 0.625. The fourth-order valence-electron chi connectivity index (χ4n) is 1.14. The quantitative estimate of drug-likeness (QED) is 0.732. The van der Waals surface area contributed by atoms with Crippen LogP contribution in [0, 0.1) is 0 Å². The van der Waals surface area contributed by atoms with E-state index in [9.17, 15) is 8.42 Å². The second-order valence-electron chi connectivity index (χ2n) is 3.21. The Morgan fingerprint density at radius 3 is 2.86 bits per heavy atom. The van der Waals surface area contributed by atoms with Crippen LogP contribution in [0.4, 0.5) is 0 Å². The first-order chi connectivity index (χ1) is 6.53. The molecule has 0 unspecified atom stereocenters. The van der Waals surface area contributed by atoms with Gasteiger partial charge in [-0.05, 0) is 13.1 Å². The van der Waals surface area contributed by atoms with Crippen molar-refractivity contribution in [1.82, 2.24) is 15.1 Å². The topological polar surface area (TPSA) is 64.0 Å². The number of sulfone groups is 1. The van der Waals surface area contributed by atoms with E-state index in [0.717, 1.165) is 5.69 Å². The molecule has 0 aromatic carbocycles. The molecule has 6 heteroatoms. The summed E-state index contributed by atoms with van der Waals surface area (Å²) in [5.74, 6) is 0.130. The number of hydrogen-bond donors (Lipinski definition) is 1. The Bertz CT molecular complexity index is 383. The van der Waals surface area contributed by atoms with Crippen LogP contribution in [-0.4, -0.2) is 37.3 Å². The van der Waals surface area contributed by atoms with E-state index in [4.69, 9.17) is 0 Å². The highest BCUT2D eigenvalue weighted by Gasteiger charge is 2.05. The molecule has 0 spiro atoms. The molecule has 0 radical (unpaired) electrons. The Labute approximate surface area is 84.0 Å². The van der Waals surface area contributed by atoms with E-state index in [-0.39, 0.29) is 5.75 Å². The molecule has 0 aliphatic carbocycles. The molecule has 80 valence electrons. The third kappa shape index (κ3) is 3.47. The van der Waals surface area contributed by atoms with Gasteiger partial charge >= 0.3 is 0 Å². The lowest BCUT2D eigenvalue weighted by Gasteiger charge is -2.05. The Morgan fingerprint density at radius 1 is 1.57 bits per heavy atom. The molecule has 0 aliphatic heterocycles. The maximum Gasteiger partial charge on any atom is 0.149 e. The minimum atomic E-state index is -2.91. The zero-order valence-corrected chi connectivity index (χ0v) is 9.21. The summed E-state index contributed by atoms with van der Waals surface area (Å²) in [4.78, 5) is 0. The maximum absolute atomic E-state index is 10.9. The van der Waals surface area contributed by atoms with Crippen molar-refractivity contribution >= 4 is 9.84 Å². The Hall–Kier alpha value is -0.880. The molecule has 0 bridgehead atoms. The normalized spacial score (nSPS) is 11.9. The molecule has 1 aromatic heterocycles. The van der Waals surface area contributed by atoms with Gasteiger partial charge in [0.15, 0.2) is 0 Å². The second-order valence-corrected chi connectivity index (χ2v) is 5.47. The van der Waals surface area contributed by atoms with Gasteiger partial charge in [0.1, 0.15) is 9.84 Å². The van der Waals surface area contributed by atoms with Crippen molar-refractivity contribution < 1.29 is 8.42 Å². The van der Waals surface area contributed by atoms with Crippen molar-refractivity contribution in [2.24, 2.45) is 0 Å². The predicted molar refractivity (Wildman–Crippen MR) is 54.7 cm³/mol. The summed E-state index contributed by atoms with van der Waals surface area (Å²) in [5, 5.41) is 7.05. The van der Waals surface area contributed by atoms with Gasteiger partial charge in [-0.1, -0.05) is 0 Å². The van der Waals surface area contributed by atoms with Crippen LogP contribution in [0.2, 0.25) is 0 Å². The van der Waals surface area contributed by atoms with E-state index < -0.39 is 9.84 Å². The van der Waals surface area contributed by atoms with Crippen molar-refractivity contribution in [2.75, 3.05) is 19.1 Å². The number of hydrogen-bond acceptors (Lipinski definition) is 4. The lowest BCUT2D eigenvalue weighted by atomic mass is 10.4. The van der Waals surface area contributed by atoms with E-state index in [2.05, 4.69) is 10.4 Å². The van der Waals surface area contributed by atoms with Gasteiger partial charge in [0.2, 0.25) is 0 Å². The predicted octanol–water partition coefficient (Wildman–Crippen LogP) is -0.353. The zero-order chi connectivity index (χ0) is 10.6. The van der Waals surface area contributed by atoms with Gasteiger partial charge in [-0.15, -0.1) is 0 Å². The van der Waals surface area contributed by atoms with Crippen molar-refractivity contribution in [3.8, 4) is 0 Å². The molecular weight excluding hydrogens is 202 g/mol. The highest BCUT2D eigenvalue weighted by Crippen LogP contribution is 1.99. The largest absolute Gasteiger partial charge is 0.314 e. The molecule has 1 rings (SSSR count). The minimum Gasteiger partial charge on any atom is -0.314 e. The lowest BCUT2D eigenvalue weighted by molar-refractivity contribution is 0.572. The van der Waals surface area contributed by atoms with Gasteiger partial charge in [-0.25, -0.2) is 8.42 Å². The molecule has 5 nitrogen and oxygen atoms in total. The van der Waals surface area contributed by atoms with Crippen LogP contribution >= 0.6 is 0 Å². The summed E-state index contributed by atoms with van der Waals surface area (Å²) in [6.45, 7) is 1.12. The van der Waals surface area contributed by atoms with Gasteiger partial charge in [0.25, 0.3) is 0 Å². The number of nitrogens with zero attached hydrogens (tertiary/aromatic N) is 2. The van der Waals surface area contributed by atoms with Crippen LogP contribution in [-0.2, 0) is 22.9 Å². The van der Waals surface area contributed by atoms with E-state index in [0.29, 0.717) is 13.1 Å². The molecule has 1 N–H and O–H groups in total. The van der Waals surface area contributed by atoms with Gasteiger partial charge < -0.3 is 5.32 Å². The van der Waals surface area contributed by atoms with E-state index in [1.54, 1.807) is 10.9 Å². The average Bonchev–Trinajstić information content (AvgIpc) is 2.48. The summed E-state index contributed by atoms with van der Waals surface area (Å²) in [5.41, 5.74) is 0.996. The molecule has 1 heterocycles. The first-order valence-corrected chi connectivity index (χ1v) is 6.42. The highest BCUT2D eigenvalue weighted by atomic mass is 32.2. The van der Waals surface area contributed by atoms with Gasteiger partial charge in [0, 0.05) is 19.0 Å². The molecule has 14 heavy (non-hydrogen) atoms. The Balaban J connectivity index is 2.62. The van der Waals surface area contributed by atoms with Crippen LogP contribution in [0.3, 0.4) is 0 Å². The van der Waals surface area contributed by atoms with Crippen molar-refractivity contribution in [3.05, 3.63) is 18.0 Å². The van der Waals surface area contributed by atoms with Gasteiger partial charge in [-0.2, -0.15) is 5.10 Å². The third-order valence-electron chi connectivity index (χ3n) is 1.84. The number of aromatic nitrogens is 2. The lowest BCUT2D eigenvalue weighted by Crippen LogP contribution is -2.17. The first kappa shape index (κ1) is 11.2. The summed E-state index contributed by atoms with van der Waals surface area (Å²) in [7, 11) is -1.07. The minimum absolute atomic E-state index is 0.130. The first-order valence-electron chi connectivity index (χ1n) is 4.36. The van der Waals surface area contributed by atoms with Crippen LogP contribution in [0.15, 0.2) is 12.3 Å². The van der Waals surface area contributed by atoms with Crippen molar-refractivity contribution in [3.63, 3.8) is 0 Å². The smallest absolute Gasteiger partial charge is 0.149 e. The summed E-state index contributed by atoms with van der Waals surface area (Å²) in [6, 6.07) is 1.87.